The Morgan fingerprint density at radius 1 is 1.04 bits per heavy atom. The Morgan fingerprint density at radius 2 is 1.74 bits per heavy atom. The fourth-order valence-corrected chi connectivity index (χ4v) is 4.56. The first kappa shape index (κ1) is 17.2. The van der Waals surface area contributed by atoms with Crippen molar-refractivity contribution in [1.29, 1.82) is 0 Å². The van der Waals surface area contributed by atoms with Gasteiger partial charge in [0.2, 0.25) is 5.91 Å². The van der Waals surface area contributed by atoms with Gasteiger partial charge in [-0.1, -0.05) is 0 Å². The molecule has 0 aromatic rings. The van der Waals surface area contributed by atoms with Crippen molar-refractivity contribution in [1.82, 2.24) is 14.7 Å². The first-order chi connectivity index (χ1) is 10.9. The number of aliphatic hydroxyl groups is 1. The van der Waals surface area contributed by atoms with Gasteiger partial charge in [-0.05, 0) is 65.6 Å². The average Bonchev–Trinajstić information content (AvgIpc) is 2.86. The van der Waals surface area contributed by atoms with Gasteiger partial charge >= 0.3 is 0 Å². The molecule has 0 unspecified atom stereocenters. The van der Waals surface area contributed by atoms with Crippen LogP contribution in [0.5, 0.6) is 0 Å². The molecule has 1 saturated carbocycles. The van der Waals surface area contributed by atoms with Gasteiger partial charge in [0, 0.05) is 31.7 Å². The van der Waals surface area contributed by atoms with E-state index in [2.05, 4.69) is 23.9 Å². The quantitative estimate of drug-likeness (QED) is 0.829. The molecule has 1 spiro atoms. The number of amides is 1. The van der Waals surface area contributed by atoms with E-state index in [1.165, 1.54) is 19.4 Å². The molecule has 2 aliphatic heterocycles. The van der Waals surface area contributed by atoms with Crippen LogP contribution in [0, 0.1) is 0 Å². The fraction of sp³-hybridized carbons (Fsp3) is 0.944. The van der Waals surface area contributed by atoms with Crippen molar-refractivity contribution in [3.8, 4) is 0 Å². The first-order valence-electron chi connectivity index (χ1n) is 9.33. The molecule has 0 bridgehead atoms. The maximum absolute atomic E-state index is 12.5. The van der Waals surface area contributed by atoms with Crippen LogP contribution in [-0.4, -0.2) is 83.7 Å². The van der Waals surface area contributed by atoms with Gasteiger partial charge in [-0.15, -0.1) is 0 Å². The number of carbonyl (C=O) groups excluding carboxylic acids is 1. The molecule has 3 fully saturated rings. The minimum Gasteiger partial charge on any atom is -0.389 e. The summed E-state index contributed by atoms with van der Waals surface area (Å²) in [5.74, 6) is 0.167. The highest BCUT2D eigenvalue weighted by atomic mass is 16.3. The summed E-state index contributed by atoms with van der Waals surface area (Å²) in [5.41, 5.74) is -0.350. The van der Waals surface area contributed by atoms with Crippen LogP contribution in [0.2, 0.25) is 0 Å². The highest BCUT2D eigenvalue weighted by Crippen LogP contribution is 2.39. The summed E-state index contributed by atoms with van der Waals surface area (Å²) in [6.45, 7) is 5.19. The molecule has 2 saturated heterocycles. The summed E-state index contributed by atoms with van der Waals surface area (Å²) < 4.78 is 0. The molecule has 0 atom stereocenters. The molecule has 132 valence electrons. The molecule has 0 radical (unpaired) electrons. The third-order valence-electron chi connectivity index (χ3n) is 6.37. The SMILES string of the molecule is CN(C)CCN1CCCC12CCN(C(=O)CC1(O)CCC1)CC2. The zero-order valence-electron chi connectivity index (χ0n) is 14.9. The number of rotatable bonds is 5. The zero-order chi connectivity index (χ0) is 16.5. The van der Waals surface area contributed by atoms with E-state index in [1.807, 2.05) is 4.90 Å². The molecule has 5 heteroatoms. The van der Waals surface area contributed by atoms with Crippen molar-refractivity contribution < 1.29 is 9.90 Å². The van der Waals surface area contributed by atoms with E-state index in [0.29, 0.717) is 12.0 Å². The maximum atomic E-state index is 12.5. The maximum Gasteiger partial charge on any atom is 0.225 e. The van der Waals surface area contributed by atoms with E-state index in [9.17, 15) is 9.90 Å². The molecule has 5 nitrogen and oxygen atoms in total. The van der Waals surface area contributed by atoms with Crippen LogP contribution >= 0.6 is 0 Å². The van der Waals surface area contributed by atoms with Gasteiger partial charge < -0.3 is 14.9 Å². The normalized spacial score (nSPS) is 26.7. The van der Waals surface area contributed by atoms with Gasteiger partial charge in [-0.3, -0.25) is 9.69 Å². The predicted molar refractivity (Wildman–Crippen MR) is 91.3 cm³/mol. The Kier molecular flexibility index (Phi) is 5.00. The summed E-state index contributed by atoms with van der Waals surface area (Å²) in [6, 6.07) is 0. The molecule has 1 aliphatic carbocycles. The molecule has 1 N–H and O–H groups in total. The van der Waals surface area contributed by atoms with Crippen molar-refractivity contribution in [2.75, 3.05) is 46.8 Å². The summed E-state index contributed by atoms with van der Waals surface area (Å²) in [6.07, 6.45) is 7.78. The topological polar surface area (TPSA) is 47.0 Å². The lowest BCUT2D eigenvalue weighted by Crippen LogP contribution is -2.55. The second-order valence-corrected chi connectivity index (χ2v) is 8.25. The highest BCUT2D eigenvalue weighted by molar-refractivity contribution is 5.77. The molecule has 3 rings (SSSR count). The van der Waals surface area contributed by atoms with Gasteiger partial charge in [0.1, 0.15) is 0 Å². The number of likely N-dealkylation sites (tertiary alicyclic amines) is 2. The Morgan fingerprint density at radius 3 is 2.30 bits per heavy atom. The van der Waals surface area contributed by atoms with Gasteiger partial charge in [0.15, 0.2) is 0 Å². The number of hydrogen-bond acceptors (Lipinski definition) is 4. The van der Waals surface area contributed by atoms with Crippen molar-refractivity contribution in [2.24, 2.45) is 0 Å². The van der Waals surface area contributed by atoms with Crippen molar-refractivity contribution in [3.63, 3.8) is 0 Å². The van der Waals surface area contributed by atoms with E-state index in [1.54, 1.807) is 0 Å². The van der Waals surface area contributed by atoms with Crippen LogP contribution in [0.4, 0.5) is 0 Å². The lowest BCUT2D eigenvalue weighted by Gasteiger charge is -2.46. The van der Waals surface area contributed by atoms with Crippen LogP contribution in [-0.2, 0) is 4.79 Å². The second-order valence-electron chi connectivity index (χ2n) is 8.25. The van der Waals surface area contributed by atoms with Gasteiger partial charge in [0.05, 0.1) is 12.0 Å². The van der Waals surface area contributed by atoms with E-state index in [0.717, 1.165) is 58.3 Å². The van der Waals surface area contributed by atoms with Crippen molar-refractivity contribution in [3.05, 3.63) is 0 Å². The summed E-state index contributed by atoms with van der Waals surface area (Å²) in [5, 5.41) is 10.2. The molecule has 3 aliphatic rings. The Hall–Kier alpha value is -0.650. The van der Waals surface area contributed by atoms with Crippen LogP contribution in [0.25, 0.3) is 0 Å². The minimum absolute atomic E-state index is 0.167. The summed E-state index contributed by atoms with van der Waals surface area (Å²) in [7, 11) is 4.27. The average molecular weight is 323 g/mol. The molecular formula is C18H33N3O2. The molecule has 2 heterocycles. The molecule has 23 heavy (non-hydrogen) atoms. The molecule has 1 amide bonds. The monoisotopic (exact) mass is 323 g/mol. The predicted octanol–water partition coefficient (Wildman–Crippen LogP) is 1.31. The van der Waals surface area contributed by atoms with Crippen molar-refractivity contribution >= 4 is 5.91 Å². The molecule has 0 aromatic carbocycles. The number of likely N-dealkylation sites (N-methyl/N-ethyl adjacent to an activating group) is 1. The van der Waals surface area contributed by atoms with Gasteiger partial charge in [-0.25, -0.2) is 0 Å². The van der Waals surface area contributed by atoms with Crippen LogP contribution in [0.1, 0.15) is 51.4 Å². The van der Waals surface area contributed by atoms with Crippen LogP contribution < -0.4 is 0 Å². The third kappa shape index (κ3) is 3.72. The summed E-state index contributed by atoms with van der Waals surface area (Å²) >= 11 is 0. The lowest BCUT2D eigenvalue weighted by molar-refractivity contribution is -0.142. The summed E-state index contributed by atoms with van der Waals surface area (Å²) in [4.78, 5) is 19.4. The van der Waals surface area contributed by atoms with Crippen LogP contribution in [0.15, 0.2) is 0 Å². The lowest BCUT2D eigenvalue weighted by atomic mass is 9.77. The molecule has 0 aromatic heterocycles. The smallest absolute Gasteiger partial charge is 0.225 e. The Labute approximate surface area is 140 Å². The van der Waals surface area contributed by atoms with Gasteiger partial charge in [-0.2, -0.15) is 0 Å². The Balaban J connectivity index is 1.51. The number of piperidine rings is 1. The van der Waals surface area contributed by atoms with Gasteiger partial charge in [0.25, 0.3) is 0 Å². The minimum atomic E-state index is -0.683. The number of hydrogen-bond donors (Lipinski definition) is 1. The highest BCUT2D eigenvalue weighted by Gasteiger charge is 2.44. The Bertz CT molecular complexity index is 426. The van der Waals surface area contributed by atoms with E-state index >= 15 is 0 Å². The number of carbonyl (C=O) groups is 1. The third-order valence-corrected chi connectivity index (χ3v) is 6.37. The fourth-order valence-electron chi connectivity index (χ4n) is 4.56. The zero-order valence-corrected chi connectivity index (χ0v) is 14.9. The van der Waals surface area contributed by atoms with E-state index in [-0.39, 0.29) is 5.91 Å². The number of nitrogens with zero attached hydrogens (tertiary/aromatic N) is 3. The largest absolute Gasteiger partial charge is 0.389 e. The van der Waals surface area contributed by atoms with E-state index < -0.39 is 5.60 Å². The van der Waals surface area contributed by atoms with E-state index in [4.69, 9.17) is 0 Å². The van der Waals surface area contributed by atoms with Crippen LogP contribution in [0.3, 0.4) is 0 Å². The molecular weight excluding hydrogens is 290 g/mol. The second kappa shape index (κ2) is 6.69. The van der Waals surface area contributed by atoms with Crippen molar-refractivity contribution in [2.45, 2.75) is 62.5 Å². The first-order valence-corrected chi connectivity index (χ1v) is 9.33. The standard InChI is InChI=1S/C18H33N3O2/c1-19(2)13-14-21-10-4-5-17(21)8-11-20(12-9-17)16(22)15-18(23)6-3-7-18/h23H,3-15H2,1-2H3.